The fraction of sp³-hybridized carbons (Fsp3) is 0.667. The van der Waals surface area contributed by atoms with Crippen LogP contribution in [0.2, 0.25) is 0 Å². The normalized spacial score (nSPS) is 26.4. The lowest BCUT2D eigenvalue weighted by molar-refractivity contribution is 0.202. The first-order valence-electron chi connectivity index (χ1n) is 8.27. The van der Waals surface area contributed by atoms with Crippen molar-refractivity contribution in [1.82, 2.24) is 5.32 Å². The third-order valence-corrected chi connectivity index (χ3v) is 5.23. The Morgan fingerprint density at radius 1 is 1.15 bits per heavy atom. The Bertz CT molecular complexity index is 455. The van der Waals surface area contributed by atoms with E-state index in [-0.39, 0.29) is 0 Å². The predicted molar refractivity (Wildman–Crippen MR) is 86.2 cm³/mol. The molecule has 110 valence electrons. The number of nitrogens with zero attached hydrogens (tertiary/aromatic N) is 1. The van der Waals surface area contributed by atoms with E-state index in [2.05, 4.69) is 35.3 Å². The maximum Gasteiger partial charge on any atom is 0.0412 e. The smallest absolute Gasteiger partial charge is 0.0412 e. The SMILES string of the molecule is CNCc1cc(C)ccc1N1CCC2CCCCC2C1. The fourth-order valence-electron chi connectivity index (χ4n) is 4.17. The zero-order chi connectivity index (χ0) is 13.9. The molecule has 1 saturated carbocycles. The van der Waals surface area contributed by atoms with E-state index in [4.69, 9.17) is 0 Å². The first-order chi connectivity index (χ1) is 9.78. The summed E-state index contributed by atoms with van der Waals surface area (Å²) in [7, 11) is 2.04. The summed E-state index contributed by atoms with van der Waals surface area (Å²) in [4.78, 5) is 2.65. The number of aryl methyl sites for hydroxylation is 1. The number of hydrogen-bond acceptors (Lipinski definition) is 2. The molecule has 1 saturated heterocycles. The molecule has 3 rings (SSSR count). The summed E-state index contributed by atoms with van der Waals surface area (Å²) in [5, 5.41) is 3.32. The van der Waals surface area contributed by atoms with Gasteiger partial charge in [0, 0.05) is 25.3 Å². The van der Waals surface area contributed by atoms with Crippen LogP contribution < -0.4 is 10.2 Å². The molecule has 1 aliphatic carbocycles. The predicted octanol–water partition coefficient (Wildman–Crippen LogP) is 3.73. The van der Waals surface area contributed by atoms with Crippen LogP contribution in [0.15, 0.2) is 18.2 Å². The van der Waals surface area contributed by atoms with Gasteiger partial charge < -0.3 is 10.2 Å². The Labute approximate surface area is 123 Å². The number of hydrogen-bond donors (Lipinski definition) is 1. The van der Waals surface area contributed by atoms with Crippen LogP contribution in [0.4, 0.5) is 5.69 Å². The van der Waals surface area contributed by atoms with Gasteiger partial charge in [-0.05, 0) is 50.3 Å². The average Bonchev–Trinajstić information content (AvgIpc) is 2.47. The zero-order valence-corrected chi connectivity index (χ0v) is 13.0. The van der Waals surface area contributed by atoms with Gasteiger partial charge in [0.15, 0.2) is 0 Å². The van der Waals surface area contributed by atoms with Gasteiger partial charge in [-0.3, -0.25) is 0 Å². The van der Waals surface area contributed by atoms with Crippen LogP contribution in [0.3, 0.4) is 0 Å². The van der Waals surface area contributed by atoms with E-state index in [0.717, 1.165) is 18.4 Å². The molecule has 20 heavy (non-hydrogen) atoms. The molecule has 2 atom stereocenters. The van der Waals surface area contributed by atoms with Gasteiger partial charge in [0.2, 0.25) is 0 Å². The molecule has 2 fully saturated rings. The molecule has 0 radical (unpaired) electrons. The molecule has 1 aliphatic heterocycles. The molecule has 2 unspecified atom stereocenters. The lowest BCUT2D eigenvalue weighted by Crippen LogP contribution is -2.42. The number of nitrogens with one attached hydrogen (secondary N) is 1. The van der Waals surface area contributed by atoms with Crippen molar-refractivity contribution in [2.24, 2.45) is 11.8 Å². The van der Waals surface area contributed by atoms with Crippen molar-refractivity contribution in [2.45, 2.75) is 45.6 Å². The Morgan fingerprint density at radius 3 is 2.75 bits per heavy atom. The second-order valence-electron chi connectivity index (χ2n) is 6.70. The number of benzene rings is 1. The molecular formula is C18H28N2. The van der Waals surface area contributed by atoms with E-state index in [9.17, 15) is 0 Å². The van der Waals surface area contributed by atoms with Crippen LogP contribution in [-0.4, -0.2) is 20.1 Å². The Morgan fingerprint density at radius 2 is 1.95 bits per heavy atom. The molecule has 1 aromatic carbocycles. The summed E-state index contributed by atoms with van der Waals surface area (Å²) in [6, 6.07) is 6.95. The minimum absolute atomic E-state index is 0.946. The molecule has 1 aromatic rings. The summed E-state index contributed by atoms with van der Waals surface area (Å²) < 4.78 is 0. The van der Waals surface area contributed by atoms with E-state index in [0.29, 0.717) is 0 Å². The summed E-state index contributed by atoms with van der Waals surface area (Å²) in [6.07, 6.45) is 7.25. The minimum Gasteiger partial charge on any atom is -0.371 e. The highest BCUT2D eigenvalue weighted by molar-refractivity contribution is 5.55. The number of anilines is 1. The summed E-state index contributed by atoms with van der Waals surface area (Å²) in [6.45, 7) is 5.70. The summed E-state index contributed by atoms with van der Waals surface area (Å²) >= 11 is 0. The molecule has 0 spiro atoms. The van der Waals surface area contributed by atoms with Gasteiger partial charge >= 0.3 is 0 Å². The Balaban J connectivity index is 1.78. The van der Waals surface area contributed by atoms with Gasteiger partial charge in [0.1, 0.15) is 0 Å². The van der Waals surface area contributed by atoms with Crippen molar-refractivity contribution in [3.63, 3.8) is 0 Å². The number of piperidine rings is 1. The van der Waals surface area contributed by atoms with Gasteiger partial charge in [-0.25, -0.2) is 0 Å². The fourth-order valence-corrected chi connectivity index (χ4v) is 4.17. The Hall–Kier alpha value is -1.02. The molecule has 0 amide bonds. The summed E-state index contributed by atoms with van der Waals surface area (Å²) in [5.74, 6) is 1.96. The first kappa shape index (κ1) is 13.9. The van der Waals surface area contributed by atoms with E-state index in [1.807, 2.05) is 7.05 Å². The number of rotatable bonds is 3. The molecule has 0 aromatic heterocycles. The quantitative estimate of drug-likeness (QED) is 0.902. The van der Waals surface area contributed by atoms with Crippen LogP contribution in [0.5, 0.6) is 0 Å². The maximum atomic E-state index is 3.32. The molecular weight excluding hydrogens is 244 g/mol. The van der Waals surface area contributed by atoms with Crippen molar-refractivity contribution in [3.05, 3.63) is 29.3 Å². The van der Waals surface area contributed by atoms with E-state index < -0.39 is 0 Å². The molecule has 1 heterocycles. The highest BCUT2D eigenvalue weighted by Crippen LogP contribution is 2.38. The third-order valence-electron chi connectivity index (χ3n) is 5.23. The maximum absolute atomic E-state index is 3.32. The summed E-state index contributed by atoms with van der Waals surface area (Å²) in [5.41, 5.74) is 4.29. The van der Waals surface area contributed by atoms with Gasteiger partial charge in [0.05, 0.1) is 0 Å². The molecule has 0 bridgehead atoms. The van der Waals surface area contributed by atoms with Gasteiger partial charge in [-0.2, -0.15) is 0 Å². The first-order valence-corrected chi connectivity index (χ1v) is 8.27. The standard InChI is InChI=1S/C18H28N2/c1-14-7-8-18(17(11-14)12-19-2)20-10-9-15-5-3-4-6-16(15)13-20/h7-8,11,15-16,19H,3-6,9-10,12-13H2,1-2H3. The van der Waals surface area contributed by atoms with Crippen molar-refractivity contribution in [3.8, 4) is 0 Å². The van der Waals surface area contributed by atoms with Crippen LogP contribution >= 0.6 is 0 Å². The van der Waals surface area contributed by atoms with E-state index in [1.54, 1.807) is 0 Å². The molecule has 2 nitrogen and oxygen atoms in total. The second-order valence-corrected chi connectivity index (χ2v) is 6.70. The molecule has 2 heteroatoms. The van der Waals surface area contributed by atoms with E-state index in [1.165, 1.54) is 62.0 Å². The van der Waals surface area contributed by atoms with Crippen LogP contribution in [0.25, 0.3) is 0 Å². The lowest BCUT2D eigenvalue weighted by atomic mass is 9.75. The van der Waals surface area contributed by atoms with Gasteiger partial charge in [0.25, 0.3) is 0 Å². The van der Waals surface area contributed by atoms with E-state index >= 15 is 0 Å². The van der Waals surface area contributed by atoms with Gasteiger partial charge in [-0.15, -0.1) is 0 Å². The largest absolute Gasteiger partial charge is 0.371 e. The van der Waals surface area contributed by atoms with Gasteiger partial charge in [-0.1, -0.05) is 37.0 Å². The van der Waals surface area contributed by atoms with Crippen molar-refractivity contribution in [2.75, 3.05) is 25.0 Å². The van der Waals surface area contributed by atoms with Crippen LogP contribution in [0.1, 0.15) is 43.2 Å². The monoisotopic (exact) mass is 272 g/mol. The minimum atomic E-state index is 0.946. The third kappa shape index (κ3) is 2.85. The highest BCUT2D eigenvalue weighted by atomic mass is 15.1. The van der Waals surface area contributed by atoms with Crippen LogP contribution in [0, 0.1) is 18.8 Å². The number of fused-ring (bicyclic) bond motifs is 1. The second kappa shape index (κ2) is 6.17. The van der Waals surface area contributed by atoms with Crippen molar-refractivity contribution >= 4 is 5.69 Å². The van der Waals surface area contributed by atoms with Crippen molar-refractivity contribution in [1.29, 1.82) is 0 Å². The topological polar surface area (TPSA) is 15.3 Å². The van der Waals surface area contributed by atoms with Crippen molar-refractivity contribution < 1.29 is 0 Å². The highest BCUT2D eigenvalue weighted by Gasteiger charge is 2.31. The zero-order valence-electron chi connectivity index (χ0n) is 13.0. The molecule has 2 aliphatic rings. The lowest BCUT2D eigenvalue weighted by Gasteiger charge is -2.43. The Kier molecular flexibility index (Phi) is 4.30. The average molecular weight is 272 g/mol. The molecule has 1 N–H and O–H groups in total. The van der Waals surface area contributed by atoms with Crippen LogP contribution in [-0.2, 0) is 6.54 Å².